The lowest BCUT2D eigenvalue weighted by Gasteiger charge is -2.29. The summed E-state index contributed by atoms with van der Waals surface area (Å²) >= 11 is 0. The number of aromatic nitrogens is 4. The molecule has 2 aromatic rings. The van der Waals surface area contributed by atoms with Crippen molar-refractivity contribution in [3.8, 4) is 0 Å². The third-order valence-electron chi connectivity index (χ3n) is 9.67. The van der Waals surface area contributed by atoms with E-state index in [1.165, 1.54) is 22.0 Å². The van der Waals surface area contributed by atoms with Crippen LogP contribution in [0.25, 0.3) is 0 Å². The molecule has 13 heteroatoms. The number of imidazole rings is 1. The zero-order valence-electron chi connectivity index (χ0n) is 29.5. The summed E-state index contributed by atoms with van der Waals surface area (Å²) in [6, 6.07) is 0.964. The molecule has 48 heavy (non-hydrogen) atoms. The number of alkyl halides is 3. The van der Waals surface area contributed by atoms with Crippen LogP contribution in [0.5, 0.6) is 0 Å². The Kier molecular flexibility index (Phi) is 14.0. The molecule has 2 aromatic heterocycles. The van der Waals surface area contributed by atoms with Crippen LogP contribution in [-0.2, 0) is 16.6 Å². The highest BCUT2D eigenvalue weighted by molar-refractivity contribution is 5.96. The first-order valence-electron chi connectivity index (χ1n) is 17.0. The van der Waals surface area contributed by atoms with Gasteiger partial charge in [-0.05, 0) is 95.1 Å². The van der Waals surface area contributed by atoms with E-state index in [1.54, 1.807) is 33.2 Å². The van der Waals surface area contributed by atoms with E-state index in [-0.39, 0.29) is 31.1 Å². The molecular formula is C35H54F3N7O3. The monoisotopic (exact) mass is 677 g/mol. The van der Waals surface area contributed by atoms with Gasteiger partial charge in [-0.25, -0.2) is 4.98 Å². The summed E-state index contributed by atoms with van der Waals surface area (Å²) in [5, 5.41) is 17.4. The zero-order chi connectivity index (χ0) is 35.6. The van der Waals surface area contributed by atoms with Crippen molar-refractivity contribution >= 4 is 17.5 Å². The Morgan fingerprint density at radius 3 is 2.33 bits per heavy atom. The molecule has 0 radical (unpaired) electrons. The third-order valence-corrected chi connectivity index (χ3v) is 9.67. The standard InChI is InChI=1S/C17H22F3N5O.C12H21NO.C6H11NO/c1-10(8-16(5-6-16)17(18,19)20)14(12-9-21-11(2)23-12)24-15(26)13-4-7-22-25(13)3;1-4-9(2)12(10(3)13)11-5-7-14-8-6-11;1-5-2-3-6(8)7-4-5/h4,7,9-10,14H,5-6,8H2,1-3H3,(H,21,23)(H,24,26);11,13H,4-8H2,1-3H3;5H,2-4H2,1H3,(H,7,8). The van der Waals surface area contributed by atoms with Crippen LogP contribution in [0.3, 0.4) is 0 Å². The van der Waals surface area contributed by atoms with E-state index >= 15 is 0 Å². The first-order valence-corrected chi connectivity index (χ1v) is 17.0. The van der Waals surface area contributed by atoms with Gasteiger partial charge in [0.05, 0.1) is 23.3 Å². The zero-order valence-corrected chi connectivity index (χ0v) is 29.5. The highest BCUT2D eigenvalue weighted by Crippen LogP contribution is 2.61. The lowest BCUT2D eigenvalue weighted by Crippen LogP contribution is -2.36. The topological polar surface area (TPSA) is 138 Å². The molecule has 0 spiro atoms. The second-order valence-electron chi connectivity index (χ2n) is 13.7. The summed E-state index contributed by atoms with van der Waals surface area (Å²) in [6.07, 6.45) is 4.11. The number of allylic oxidation sites excluding steroid dienone is 2. The Labute approximate surface area is 282 Å². The van der Waals surface area contributed by atoms with E-state index < -0.39 is 23.6 Å². The first kappa shape index (κ1) is 39.0. The van der Waals surface area contributed by atoms with Crippen molar-refractivity contribution in [3.63, 3.8) is 0 Å². The van der Waals surface area contributed by atoms with Gasteiger partial charge in [0, 0.05) is 45.1 Å². The minimum Gasteiger partial charge on any atom is -0.381 e. The molecule has 2 aliphatic heterocycles. The number of amides is 2. The largest absolute Gasteiger partial charge is 0.394 e. The van der Waals surface area contributed by atoms with E-state index in [2.05, 4.69) is 46.5 Å². The van der Waals surface area contributed by atoms with Crippen LogP contribution in [0.1, 0.15) is 114 Å². The Morgan fingerprint density at radius 2 is 1.90 bits per heavy atom. The van der Waals surface area contributed by atoms with Gasteiger partial charge in [-0.2, -0.15) is 18.3 Å². The van der Waals surface area contributed by atoms with Gasteiger partial charge in [0.25, 0.3) is 5.91 Å². The molecule has 5 rings (SSSR count). The van der Waals surface area contributed by atoms with E-state index in [1.807, 2.05) is 6.92 Å². The molecule has 3 fully saturated rings. The van der Waals surface area contributed by atoms with Crippen molar-refractivity contribution in [1.82, 2.24) is 30.4 Å². The molecule has 3 atom stereocenters. The molecule has 4 N–H and O–H groups in total. The SMILES string of the molecule is CC1CCC(=O)NC1.CCC(C)=C(C(C)=N)C1CCOCC1.Cc1ncc(C(NC(=O)c2ccnn2C)C(C)CC2(C(F)(F)F)CC2)[nH]1. The predicted molar refractivity (Wildman–Crippen MR) is 180 cm³/mol. The number of nitrogens with zero attached hydrogens (tertiary/aromatic N) is 3. The van der Waals surface area contributed by atoms with Gasteiger partial charge in [0.2, 0.25) is 5.91 Å². The number of hydrogen-bond donors (Lipinski definition) is 4. The summed E-state index contributed by atoms with van der Waals surface area (Å²) in [7, 11) is 1.64. The van der Waals surface area contributed by atoms with Crippen molar-refractivity contribution in [2.45, 2.75) is 105 Å². The maximum atomic E-state index is 13.3. The molecule has 3 unspecified atom stereocenters. The molecular weight excluding hydrogens is 623 g/mol. The smallest absolute Gasteiger partial charge is 0.381 e. The van der Waals surface area contributed by atoms with Crippen molar-refractivity contribution in [2.75, 3.05) is 19.8 Å². The highest BCUT2D eigenvalue weighted by Gasteiger charge is 2.63. The third kappa shape index (κ3) is 10.8. The quantitative estimate of drug-likeness (QED) is 0.212. The predicted octanol–water partition coefficient (Wildman–Crippen LogP) is 7.00. The number of halogens is 3. The summed E-state index contributed by atoms with van der Waals surface area (Å²) in [5.41, 5.74) is 2.73. The van der Waals surface area contributed by atoms with Crippen molar-refractivity contribution < 1.29 is 27.5 Å². The molecule has 268 valence electrons. The number of hydrogen-bond acceptors (Lipinski definition) is 6. The number of aromatic amines is 1. The first-order chi connectivity index (χ1) is 22.6. The number of nitrogens with one attached hydrogen (secondary N) is 4. The molecule has 3 aliphatic rings. The van der Waals surface area contributed by atoms with Crippen molar-refractivity contribution in [2.24, 2.45) is 30.2 Å². The average molecular weight is 678 g/mol. The van der Waals surface area contributed by atoms with Gasteiger partial charge in [-0.3, -0.25) is 14.3 Å². The second-order valence-corrected chi connectivity index (χ2v) is 13.7. The molecule has 2 saturated heterocycles. The second kappa shape index (κ2) is 17.3. The van der Waals surface area contributed by atoms with Crippen LogP contribution in [0.15, 0.2) is 29.6 Å². The molecule has 1 aliphatic carbocycles. The number of carbonyl (C=O) groups is 2. The summed E-state index contributed by atoms with van der Waals surface area (Å²) in [4.78, 5) is 30.2. The number of carbonyl (C=O) groups excluding carboxylic acids is 2. The molecule has 0 bridgehead atoms. The lowest BCUT2D eigenvalue weighted by molar-refractivity contribution is -0.192. The van der Waals surface area contributed by atoms with Crippen molar-refractivity contribution in [3.05, 3.63) is 46.8 Å². The van der Waals surface area contributed by atoms with Crippen LogP contribution < -0.4 is 10.6 Å². The summed E-state index contributed by atoms with van der Waals surface area (Å²) in [5.74, 6) is 1.31. The number of rotatable bonds is 9. The van der Waals surface area contributed by atoms with Gasteiger partial charge in [-0.1, -0.05) is 26.3 Å². The number of aryl methyl sites for hydroxylation is 2. The van der Waals surface area contributed by atoms with Gasteiger partial charge >= 0.3 is 6.18 Å². The van der Waals surface area contributed by atoms with Crippen LogP contribution in [0.4, 0.5) is 13.2 Å². The maximum Gasteiger partial charge on any atom is 0.394 e. The van der Waals surface area contributed by atoms with Crippen molar-refractivity contribution in [1.29, 1.82) is 5.41 Å². The molecule has 10 nitrogen and oxygen atoms in total. The van der Waals surface area contributed by atoms with Gasteiger partial charge in [-0.15, -0.1) is 0 Å². The lowest BCUT2D eigenvalue weighted by atomic mass is 9.85. The summed E-state index contributed by atoms with van der Waals surface area (Å²) < 4.78 is 46.8. The minimum atomic E-state index is -4.22. The van der Waals surface area contributed by atoms with E-state index in [0.29, 0.717) is 29.0 Å². The number of piperidine rings is 1. The molecule has 4 heterocycles. The molecule has 1 saturated carbocycles. The van der Waals surface area contributed by atoms with Crippen LogP contribution in [-0.4, -0.2) is 63.2 Å². The Bertz CT molecular complexity index is 1390. The Balaban J connectivity index is 0.000000236. The van der Waals surface area contributed by atoms with Gasteiger partial charge in [0.15, 0.2) is 0 Å². The average Bonchev–Trinajstić information content (AvgIpc) is 3.51. The number of ether oxygens (including phenoxy) is 1. The summed E-state index contributed by atoms with van der Waals surface area (Å²) in [6.45, 7) is 14.5. The van der Waals surface area contributed by atoms with Gasteiger partial charge < -0.3 is 25.8 Å². The Hall–Kier alpha value is -3.48. The minimum absolute atomic E-state index is 0.0368. The van der Waals surface area contributed by atoms with E-state index in [9.17, 15) is 22.8 Å². The van der Waals surface area contributed by atoms with E-state index in [4.69, 9.17) is 10.1 Å². The van der Waals surface area contributed by atoms with Crippen LogP contribution in [0, 0.1) is 35.5 Å². The van der Waals surface area contributed by atoms with Gasteiger partial charge in [0.1, 0.15) is 11.5 Å². The molecule has 2 amide bonds. The van der Waals surface area contributed by atoms with Crippen LogP contribution >= 0.6 is 0 Å². The fourth-order valence-corrected chi connectivity index (χ4v) is 6.43. The Morgan fingerprint density at radius 1 is 1.23 bits per heavy atom. The van der Waals surface area contributed by atoms with Crippen LogP contribution in [0.2, 0.25) is 0 Å². The normalized spacial score (nSPS) is 20.9. The molecule has 0 aromatic carbocycles. The maximum absolute atomic E-state index is 13.3. The fraction of sp³-hybridized carbons (Fsp3) is 0.686. The van der Waals surface area contributed by atoms with E-state index in [0.717, 1.165) is 57.6 Å². The number of H-pyrrole nitrogens is 1. The fourth-order valence-electron chi connectivity index (χ4n) is 6.43. The highest BCUT2D eigenvalue weighted by atomic mass is 19.4.